The predicted octanol–water partition coefficient (Wildman–Crippen LogP) is 5.08. The number of carbonyl (C=O) groups excluding carboxylic acids is 3. The van der Waals surface area contributed by atoms with Gasteiger partial charge in [0.25, 0.3) is 0 Å². The Bertz CT molecular complexity index is 1770. The monoisotopic (exact) mass is 660 g/mol. The van der Waals surface area contributed by atoms with Crippen molar-refractivity contribution in [3.8, 4) is 11.5 Å². The Labute approximate surface area is 263 Å². The molecule has 236 valence electrons. The maximum Gasteiger partial charge on any atom is 0.416 e. The molecule has 9 nitrogen and oxygen atoms in total. The standard InChI is InChI=1S/C31H27F3N2O7S2/c1-3-42-20(37)12-43-18-8-7-13(9-19(18)41-2)21-22-16-11-17(25(22)44-27-26(21)45-30(40)35-27)24-23(16)28(38)36(29(24)39)15-6-4-5-14(10-15)31(32,33)34/h4-10,16-17,21-25H,3,11-12H2,1-2H3,(H,35,40)/t16-,17-,21+,22-,23+,24+,25-/m1/s1. The zero-order valence-corrected chi connectivity index (χ0v) is 25.6. The van der Waals surface area contributed by atoms with E-state index < -0.39 is 41.4 Å². The Kier molecular flexibility index (Phi) is 7.27. The van der Waals surface area contributed by atoms with Gasteiger partial charge in [-0.2, -0.15) is 13.2 Å². The first kappa shape index (κ1) is 29.9. The zero-order valence-electron chi connectivity index (χ0n) is 24.0. The number of esters is 1. The minimum absolute atomic E-state index is 0.0765. The normalized spacial score (nSPS) is 28.1. The van der Waals surface area contributed by atoms with Crippen LogP contribution in [0.2, 0.25) is 0 Å². The first-order chi connectivity index (χ1) is 21.5. The summed E-state index contributed by atoms with van der Waals surface area (Å²) >= 11 is 2.61. The van der Waals surface area contributed by atoms with E-state index in [9.17, 15) is 32.3 Å². The number of anilines is 1. The third-order valence-electron chi connectivity index (χ3n) is 9.35. The summed E-state index contributed by atoms with van der Waals surface area (Å²) in [6.45, 7) is 1.61. The number of thioether (sulfide) groups is 1. The molecule has 7 rings (SSSR count). The van der Waals surface area contributed by atoms with Crippen LogP contribution in [0.4, 0.5) is 18.9 Å². The van der Waals surface area contributed by atoms with Crippen molar-refractivity contribution in [1.29, 1.82) is 0 Å². The molecule has 2 saturated carbocycles. The van der Waals surface area contributed by atoms with E-state index in [1.54, 1.807) is 19.1 Å². The first-order valence-corrected chi connectivity index (χ1v) is 16.1. The van der Waals surface area contributed by atoms with Gasteiger partial charge in [0, 0.05) is 16.0 Å². The smallest absolute Gasteiger partial charge is 0.416 e. The number of carbonyl (C=O) groups is 3. The molecule has 3 aromatic rings. The number of imide groups is 1. The fraction of sp³-hybridized carbons (Fsp3) is 0.419. The molecule has 3 heterocycles. The SMILES string of the molecule is CCOC(=O)COc1ccc([C@@H]2c3sc(=O)[nH]c3S[C@@H]3[C@@H]4C[C@@H]([C@@H]5C(=O)N(c6cccc(C(F)(F)F)c6)C(=O)[C@@H]45)[C@H]23)cc1OC. The molecule has 0 unspecified atom stereocenters. The summed E-state index contributed by atoms with van der Waals surface area (Å²) in [7, 11) is 1.48. The largest absolute Gasteiger partial charge is 0.493 e. The number of aromatic nitrogens is 1. The number of thiazole rings is 1. The number of fused-ring (bicyclic) bond motifs is 9. The molecule has 2 aromatic carbocycles. The van der Waals surface area contributed by atoms with Crippen molar-refractivity contribution in [3.05, 3.63) is 68.1 Å². The summed E-state index contributed by atoms with van der Waals surface area (Å²) < 4.78 is 56.6. The molecule has 1 aromatic heterocycles. The number of benzene rings is 2. The highest BCUT2D eigenvalue weighted by Gasteiger charge is 2.69. The Hall–Kier alpha value is -3.78. The quantitative estimate of drug-likeness (QED) is 0.276. The fourth-order valence-corrected chi connectivity index (χ4v) is 10.7. The topological polar surface area (TPSA) is 115 Å². The Balaban J connectivity index is 1.24. The van der Waals surface area contributed by atoms with Crippen LogP contribution >= 0.6 is 23.1 Å². The van der Waals surface area contributed by atoms with Crippen molar-refractivity contribution < 1.29 is 41.8 Å². The molecule has 1 N–H and O–H groups in total. The number of methoxy groups -OCH3 is 1. The van der Waals surface area contributed by atoms with Crippen LogP contribution in [0.5, 0.6) is 11.5 Å². The Morgan fingerprint density at radius 1 is 1.04 bits per heavy atom. The number of H-pyrrole nitrogens is 1. The fourth-order valence-electron chi connectivity index (χ4n) is 7.80. The molecule has 45 heavy (non-hydrogen) atoms. The second-order valence-electron chi connectivity index (χ2n) is 11.5. The number of halogens is 3. The Morgan fingerprint density at radius 3 is 2.51 bits per heavy atom. The third-order valence-corrected chi connectivity index (χ3v) is 11.9. The molecule has 3 fully saturated rings. The van der Waals surface area contributed by atoms with E-state index in [1.807, 2.05) is 6.07 Å². The van der Waals surface area contributed by atoms with Crippen molar-refractivity contribution in [2.75, 3.05) is 25.2 Å². The van der Waals surface area contributed by atoms with Crippen molar-refractivity contribution >= 4 is 46.6 Å². The van der Waals surface area contributed by atoms with Gasteiger partial charge in [-0.05, 0) is 67.0 Å². The average Bonchev–Trinajstić information content (AvgIpc) is 3.74. The van der Waals surface area contributed by atoms with E-state index in [-0.39, 0.29) is 52.7 Å². The molecule has 0 radical (unpaired) electrons. The lowest BCUT2D eigenvalue weighted by Crippen LogP contribution is -2.42. The van der Waals surface area contributed by atoms with Crippen LogP contribution in [-0.2, 0) is 25.3 Å². The highest BCUT2D eigenvalue weighted by atomic mass is 32.2. The highest BCUT2D eigenvalue weighted by Crippen LogP contribution is 2.69. The number of aromatic amines is 1. The third kappa shape index (κ3) is 4.75. The Morgan fingerprint density at radius 2 is 1.80 bits per heavy atom. The van der Waals surface area contributed by atoms with E-state index in [1.165, 1.54) is 31.0 Å². The second kappa shape index (κ2) is 10.9. The summed E-state index contributed by atoms with van der Waals surface area (Å²) in [5, 5.41) is 0.608. The molecule has 2 bridgehead atoms. The van der Waals surface area contributed by atoms with Crippen molar-refractivity contribution in [1.82, 2.24) is 4.98 Å². The highest BCUT2D eigenvalue weighted by molar-refractivity contribution is 8.00. The molecule has 14 heteroatoms. The maximum atomic E-state index is 13.9. The molecule has 0 spiro atoms. The van der Waals surface area contributed by atoms with Gasteiger partial charge in [0.1, 0.15) is 0 Å². The zero-order chi connectivity index (χ0) is 31.8. The number of amides is 2. The van der Waals surface area contributed by atoms with Gasteiger partial charge in [-0.25, -0.2) is 4.79 Å². The van der Waals surface area contributed by atoms with Crippen LogP contribution in [0.3, 0.4) is 0 Å². The van der Waals surface area contributed by atoms with E-state index in [0.717, 1.165) is 38.8 Å². The number of rotatable bonds is 7. The summed E-state index contributed by atoms with van der Waals surface area (Å²) in [6.07, 6.45) is -4.00. The average molecular weight is 661 g/mol. The second-order valence-corrected chi connectivity index (χ2v) is 13.7. The van der Waals surface area contributed by atoms with Gasteiger partial charge in [-0.15, -0.1) is 11.8 Å². The lowest BCUT2D eigenvalue weighted by atomic mass is 9.68. The van der Waals surface area contributed by atoms with Crippen molar-refractivity contribution in [2.45, 2.75) is 35.7 Å². The van der Waals surface area contributed by atoms with E-state index >= 15 is 0 Å². The summed E-state index contributed by atoms with van der Waals surface area (Å²) in [5.74, 6) is -2.96. The minimum atomic E-state index is -4.62. The molecule has 4 aliphatic rings. The molecule has 7 atom stereocenters. The van der Waals surface area contributed by atoms with Gasteiger partial charge >= 0.3 is 17.0 Å². The molecular weight excluding hydrogens is 633 g/mol. The first-order valence-electron chi connectivity index (χ1n) is 14.4. The van der Waals surface area contributed by atoms with Crippen LogP contribution in [0.1, 0.15) is 35.3 Å². The van der Waals surface area contributed by atoms with E-state index in [4.69, 9.17) is 14.2 Å². The lowest BCUT2D eigenvalue weighted by Gasteiger charge is -2.43. The van der Waals surface area contributed by atoms with Crippen LogP contribution in [-0.4, -0.2) is 48.3 Å². The number of ether oxygens (including phenoxy) is 3. The van der Waals surface area contributed by atoms with Crippen LogP contribution in [0, 0.1) is 29.6 Å². The number of alkyl halides is 3. The van der Waals surface area contributed by atoms with Crippen LogP contribution in [0.15, 0.2) is 52.3 Å². The van der Waals surface area contributed by atoms with Gasteiger partial charge in [0.2, 0.25) is 11.8 Å². The summed E-state index contributed by atoms with van der Waals surface area (Å²) in [6, 6.07) is 9.66. The van der Waals surface area contributed by atoms with Gasteiger partial charge in [0.15, 0.2) is 18.1 Å². The lowest BCUT2D eigenvalue weighted by molar-refractivity contribution is -0.145. The number of nitrogens with zero attached hydrogens (tertiary/aromatic N) is 1. The van der Waals surface area contributed by atoms with Gasteiger partial charge < -0.3 is 19.2 Å². The molecule has 2 aliphatic carbocycles. The molecule has 2 aliphatic heterocycles. The van der Waals surface area contributed by atoms with Gasteiger partial charge in [0.05, 0.1) is 41.8 Å². The van der Waals surface area contributed by atoms with Crippen molar-refractivity contribution in [3.63, 3.8) is 0 Å². The molecular formula is C31H27F3N2O7S2. The van der Waals surface area contributed by atoms with Crippen LogP contribution < -0.4 is 19.2 Å². The van der Waals surface area contributed by atoms with Gasteiger partial charge in [-0.3, -0.25) is 19.3 Å². The van der Waals surface area contributed by atoms with E-state index in [0.29, 0.717) is 22.9 Å². The van der Waals surface area contributed by atoms with Crippen molar-refractivity contribution in [2.24, 2.45) is 29.6 Å². The number of hydrogen-bond acceptors (Lipinski definition) is 9. The summed E-state index contributed by atoms with van der Waals surface area (Å²) in [5.41, 5.74) is -0.188. The van der Waals surface area contributed by atoms with Gasteiger partial charge in [-0.1, -0.05) is 23.5 Å². The number of hydrogen-bond donors (Lipinski definition) is 1. The summed E-state index contributed by atoms with van der Waals surface area (Å²) in [4.78, 5) is 56.6. The molecule has 1 saturated heterocycles. The van der Waals surface area contributed by atoms with Crippen LogP contribution in [0.25, 0.3) is 0 Å². The minimum Gasteiger partial charge on any atom is -0.493 e. The van der Waals surface area contributed by atoms with E-state index in [2.05, 4.69) is 4.98 Å². The number of nitrogens with one attached hydrogen (secondary N) is 1. The molecule has 2 amide bonds. The predicted molar refractivity (Wildman–Crippen MR) is 158 cm³/mol. The maximum absolute atomic E-state index is 13.9.